The Balaban J connectivity index is 1.10. The first kappa shape index (κ1) is 24.7. The van der Waals surface area contributed by atoms with Crippen LogP contribution in [0.15, 0.2) is 31.0 Å². The fourth-order valence-corrected chi connectivity index (χ4v) is 6.24. The summed E-state index contributed by atoms with van der Waals surface area (Å²) in [4.78, 5) is 29.4. The average molecular weight is 528 g/mol. The number of carbonyl (C=O) groups excluding carboxylic acids is 1. The zero-order valence-electron chi connectivity index (χ0n) is 20.7. The molecule has 1 atom stereocenters. The Hall–Kier alpha value is -3.66. The van der Waals surface area contributed by atoms with Gasteiger partial charge in [-0.15, -0.1) is 0 Å². The normalized spacial score (nSPS) is 26.5. The Morgan fingerprint density at radius 2 is 1.97 bits per heavy atom. The molecule has 2 saturated heterocycles. The fraction of sp³-hybridized carbons (Fsp3) is 0.560. The van der Waals surface area contributed by atoms with E-state index >= 15 is 0 Å². The van der Waals surface area contributed by atoms with Gasteiger partial charge in [0.1, 0.15) is 18.0 Å². The number of halogens is 3. The van der Waals surface area contributed by atoms with Crippen LogP contribution in [0.5, 0.6) is 0 Å². The molecular formula is C25H28F3N9O. The standard InChI is InChI=1S/C25H28F3N9O/c26-25(27,28)20-2-1-7-36(20)23(38)35-10-8-34(9-11-35)18-12-24(13-18,4-5-29)37-15-17(14-33-37)21-19-3-6-30-22(19)32-16-31-21/h3,6,14-16,18,20H,1-2,4,7-13H2,(H,30,31,32)/t18-,20-,24+/m0/s1. The van der Waals surface area contributed by atoms with Gasteiger partial charge in [0.05, 0.1) is 29.9 Å². The molecule has 200 valence electrons. The van der Waals surface area contributed by atoms with E-state index in [2.05, 4.69) is 31.0 Å². The van der Waals surface area contributed by atoms with E-state index in [1.165, 1.54) is 6.33 Å². The number of aromatic nitrogens is 5. The molecule has 6 rings (SSSR count). The Morgan fingerprint density at radius 3 is 2.71 bits per heavy atom. The number of H-pyrrole nitrogens is 1. The SMILES string of the molecule is N#CC[C@]1(n2cc(-c3ncnc4[nH]ccc34)cn2)C[C@@H](N2CCN(C(=O)N3CCC[C@H]3C(F)(F)F)CC2)C1. The predicted molar refractivity (Wildman–Crippen MR) is 131 cm³/mol. The number of nitriles is 1. The van der Waals surface area contributed by atoms with Crippen LogP contribution in [0, 0.1) is 11.3 Å². The molecule has 2 amide bonds. The van der Waals surface area contributed by atoms with E-state index in [1.807, 2.05) is 23.1 Å². The van der Waals surface area contributed by atoms with Gasteiger partial charge in [-0.05, 0) is 31.7 Å². The number of amides is 2. The Bertz CT molecular complexity index is 1360. The zero-order valence-corrected chi connectivity index (χ0v) is 20.7. The molecule has 1 aliphatic carbocycles. The van der Waals surface area contributed by atoms with Gasteiger partial charge < -0.3 is 14.8 Å². The number of nitrogens with zero attached hydrogens (tertiary/aromatic N) is 8. The highest BCUT2D eigenvalue weighted by molar-refractivity contribution is 5.90. The number of urea groups is 1. The topological polar surface area (TPSA) is 110 Å². The van der Waals surface area contributed by atoms with Crippen molar-refractivity contribution in [2.45, 2.75) is 55.9 Å². The van der Waals surface area contributed by atoms with Gasteiger partial charge in [0.15, 0.2) is 0 Å². The summed E-state index contributed by atoms with van der Waals surface area (Å²) in [6.07, 6.45) is 4.77. The first-order valence-electron chi connectivity index (χ1n) is 12.9. The maximum Gasteiger partial charge on any atom is 0.408 e. The van der Waals surface area contributed by atoms with E-state index in [4.69, 9.17) is 0 Å². The number of hydrogen-bond donors (Lipinski definition) is 1. The van der Waals surface area contributed by atoms with Crippen molar-refractivity contribution in [3.8, 4) is 17.3 Å². The molecule has 0 radical (unpaired) electrons. The van der Waals surface area contributed by atoms with Crippen LogP contribution in [0.4, 0.5) is 18.0 Å². The summed E-state index contributed by atoms with van der Waals surface area (Å²) in [5, 5.41) is 15.1. The predicted octanol–water partition coefficient (Wildman–Crippen LogP) is 3.36. The number of hydrogen-bond acceptors (Lipinski definition) is 6. The summed E-state index contributed by atoms with van der Waals surface area (Å²) in [5.41, 5.74) is 1.94. The highest BCUT2D eigenvalue weighted by Crippen LogP contribution is 2.45. The van der Waals surface area contributed by atoms with Gasteiger partial charge in [-0.25, -0.2) is 14.8 Å². The summed E-state index contributed by atoms with van der Waals surface area (Å²) in [5.74, 6) is 0. The third kappa shape index (κ3) is 4.16. The highest BCUT2D eigenvalue weighted by Gasteiger charge is 2.51. The van der Waals surface area contributed by atoms with Crippen molar-refractivity contribution < 1.29 is 18.0 Å². The summed E-state index contributed by atoms with van der Waals surface area (Å²) in [6.45, 7) is 2.14. The van der Waals surface area contributed by atoms with Crippen molar-refractivity contribution in [3.05, 3.63) is 31.0 Å². The molecule has 3 aromatic heterocycles. The van der Waals surface area contributed by atoms with Crippen molar-refractivity contribution in [3.63, 3.8) is 0 Å². The minimum atomic E-state index is -4.39. The minimum absolute atomic E-state index is 0.0271. The second-order valence-electron chi connectivity index (χ2n) is 10.5. The maximum absolute atomic E-state index is 13.3. The lowest BCUT2D eigenvalue weighted by Crippen LogP contribution is -2.62. The molecule has 10 nitrogen and oxygen atoms in total. The number of aromatic amines is 1. The van der Waals surface area contributed by atoms with Crippen LogP contribution in [0.2, 0.25) is 0 Å². The molecule has 0 unspecified atom stereocenters. The van der Waals surface area contributed by atoms with Crippen molar-refractivity contribution in [1.82, 2.24) is 39.4 Å². The second-order valence-corrected chi connectivity index (χ2v) is 10.5. The lowest BCUT2D eigenvalue weighted by atomic mass is 9.70. The van der Waals surface area contributed by atoms with Gasteiger partial charge in [-0.1, -0.05) is 0 Å². The maximum atomic E-state index is 13.3. The van der Waals surface area contributed by atoms with Crippen LogP contribution in [0.3, 0.4) is 0 Å². The molecule has 3 fully saturated rings. The van der Waals surface area contributed by atoms with Crippen LogP contribution in [0.25, 0.3) is 22.3 Å². The van der Waals surface area contributed by atoms with Gasteiger partial charge in [-0.2, -0.15) is 23.5 Å². The molecule has 2 aliphatic heterocycles. The molecule has 3 aromatic rings. The second kappa shape index (κ2) is 9.27. The van der Waals surface area contributed by atoms with E-state index in [0.717, 1.165) is 40.0 Å². The van der Waals surface area contributed by atoms with E-state index < -0.39 is 23.8 Å². The van der Waals surface area contributed by atoms with Gasteiger partial charge in [0.25, 0.3) is 0 Å². The lowest BCUT2D eigenvalue weighted by Gasteiger charge is -2.52. The van der Waals surface area contributed by atoms with E-state index in [-0.39, 0.29) is 19.0 Å². The first-order chi connectivity index (χ1) is 18.3. The molecule has 0 aromatic carbocycles. The Kier molecular flexibility index (Phi) is 6.02. The molecule has 38 heavy (non-hydrogen) atoms. The number of likely N-dealkylation sites (tertiary alicyclic amines) is 1. The number of carbonyl (C=O) groups is 1. The Labute approximate surface area is 217 Å². The van der Waals surface area contributed by atoms with E-state index in [1.54, 1.807) is 11.1 Å². The number of piperazine rings is 1. The molecular weight excluding hydrogens is 499 g/mol. The van der Waals surface area contributed by atoms with Crippen LogP contribution in [0.1, 0.15) is 32.1 Å². The van der Waals surface area contributed by atoms with Crippen LogP contribution in [-0.2, 0) is 5.54 Å². The quantitative estimate of drug-likeness (QED) is 0.557. The third-order valence-electron chi connectivity index (χ3n) is 8.31. The monoisotopic (exact) mass is 527 g/mol. The number of nitrogens with one attached hydrogen (secondary N) is 1. The highest BCUT2D eigenvalue weighted by atomic mass is 19.4. The lowest BCUT2D eigenvalue weighted by molar-refractivity contribution is -0.170. The van der Waals surface area contributed by atoms with Crippen LogP contribution < -0.4 is 0 Å². The summed E-state index contributed by atoms with van der Waals surface area (Å²) in [7, 11) is 0. The zero-order chi connectivity index (χ0) is 26.5. The summed E-state index contributed by atoms with van der Waals surface area (Å²) in [6, 6.07) is 2.27. The molecule has 3 aliphatic rings. The van der Waals surface area contributed by atoms with Gasteiger partial charge in [0.2, 0.25) is 0 Å². The van der Waals surface area contributed by atoms with Crippen LogP contribution >= 0.6 is 0 Å². The largest absolute Gasteiger partial charge is 0.408 e. The van der Waals surface area contributed by atoms with Crippen molar-refractivity contribution in [1.29, 1.82) is 5.26 Å². The van der Waals surface area contributed by atoms with Crippen LogP contribution in [-0.4, -0.2) is 96.4 Å². The molecule has 5 heterocycles. The van der Waals surface area contributed by atoms with E-state index in [9.17, 15) is 23.2 Å². The minimum Gasteiger partial charge on any atom is -0.346 e. The summed E-state index contributed by atoms with van der Waals surface area (Å²) < 4.78 is 41.9. The third-order valence-corrected chi connectivity index (χ3v) is 8.31. The molecule has 0 spiro atoms. The Morgan fingerprint density at radius 1 is 1.18 bits per heavy atom. The fourth-order valence-electron chi connectivity index (χ4n) is 6.24. The summed E-state index contributed by atoms with van der Waals surface area (Å²) >= 11 is 0. The van der Waals surface area contributed by atoms with Gasteiger partial charge in [-0.3, -0.25) is 9.58 Å². The molecule has 0 bridgehead atoms. The number of fused-ring (bicyclic) bond motifs is 1. The average Bonchev–Trinajstić information content (AvgIpc) is 3.65. The first-order valence-corrected chi connectivity index (χ1v) is 12.9. The van der Waals surface area contributed by atoms with Crippen molar-refractivity contribution in [2.75, 3.05) is 32.7 Å². The number of alkyl halides is 3. The van der Waals surface area contributed by atoms with E-state index in [0.29, 0.717) is 39.0 Å². The van der Waals surface area contributed by atoms with Crippen molar-refractivity contribution in [2.24, 2.45) is 0 Å². The van der Waals surface area contributed by atoms with Gasteiger partial charge >= 0.3 is 12.2 Å². The van der Waals surface area contributed by atoms with Gasteiger partial charge in [0, 0.05) is 62.1 Å². The molecule has 1 N–H and O–H groups in total. The van der Waals surface area contributed by atoms with Crippen molar-refractivity contribution >= 4 is 17.1 Å². The molecule has 13 heteroatoms. The number of rotatable bonds is 4. The smallest absolute Gasteiger partial charge is 0.346 e. The molecule has 1 saturated carbocycles.